The summed E-state index contributed by atoms with van der Waals surface area (Å²) in [5, 5.41) is 1.78. The molecule has 0 aliphatic carbocycles. The standard InChI is InChI=1S/C16H20O8S2.Na.H/c17-25(18,19)9-1-7-23-15-5-3-13-4-6-16(12-14(13)11-15)24-8-2-10-26(20,21)22;;/h3-6,11-12H,1-2,7-10H2,(H,17,18,19)(H,20,21,22);;/q;+1;-1. The summed E-state index contributed by atoms with van der Waals surface area (Å²) in [7, 11) is -7.98. The van der Waals surface area contributed by atoms with Gasteiger partial charge in [0.2, 0.25) is 0 Å². The van der Waals surface area contributed by atoms with Crippen LogP contribution in [0.3, 0.4) is 0 Å². The van der Waals surface area contributed by atoms with Gasteiger partial charge in [0.1, 0.15) is 11.5 Å². The van der Waals surface area contributed by atoms with Gasteiger partial charge < -0.3 is 10.9 Å². The number of benzene rings is 2. The van der Waals surface area contributed by atoms with Crippen molar-refractivity contribution in [2.45, 2.75) is 12.8 Å². The molecule has 0 amide bonds. The van der Waals surface area contributed by atoms with E-state index < -0.39 is 20.2 Å². The van der Waals surface area contributed by atoms with Crippen LogP contribution in [0.25, 0.3) is 10.8 Å². The number of hydrogen-bond acceptors (Lipinski definition) is 6. The molecule has 146 valence electrons. The van der Waals surface area contributed by atoms with E-state index in [-0.39, 0.29) is 68.5 Å². The topological polar surface area (TPSA) is 127 Å². The second-order valence-corrected chi connectivity index (χ2v) is 8.79. The Kier molecular flexibility index (Phi) is 9.49. The van der Waals surface area contributed by atoms with Crippen LogP contribution in [0.5, 0.6) is 11.5 Å². The van der Waals surface area contributed by atoms with Crippen LogP contribution in [0.1, 0.15) is 14.3 Å². The molecule has 0 unspecified atom stereocenters. The molecule has 27 heavy (non-hydrogen) atoms. The van der Waals surface area contributed by atoms with Gasteiger partial charge in [0.25, 0.3) is 20.2 Å². The smallest absolute Gasteiger partial charge is 1.00 e. The predicted octanol–water partition coefficient (Wildman–Crippen LogP) is -0.730. The predicted molar refractivity (Wildman–Crippen MR) is 98.1 cm³/mol. The van der Waals surface area contributed by atoms with Crippen molar-refractivity contribution in [3.05, 3.63) is 36.4 Å². The van der Waals surface area contributed by atoms with E-state index in [4.69, 9.17) is 18.6 Å². The van der Waals surface area contributed by atoms with Gasteiger partial charge in [0, 0.05) is 0 Å². The molecule has 0 saturated carbocycles. The largest absolute Gasteiger partial charge is 1.00 e. The van der Waals surface area contributed by atoms with E-state index in [0.717, 1.165) is 10.8 Å². The van der Waals surface area contributed by atoms with Gasteiger partial charge in [0.15, 0.2) is 0 Å². The molecule has 0 radical (unpaired) electrons. The molecule has 11 heteroatoms. The van der Waals surface area contributed by atoms with E-state index >= 15 is 0 Å². The van der Waals surface area contributed by atoms with Crippen molar-refractivity contribution in [2.75, 3.05) is 24.7 Å². The van der Waals surface area contributed by atoms with Crippen LogP contribution in [0.2, 0.25) is 0 Å². The average molecular weight is 428 g/mol. The Morgan fingerprint density at radius 2 is 1.15 bits per heavy atom. The molecule has 2 N–H and O–H groups in total. The third kappa shape index (κ3) is 9.74. The summed E-state index contributed by atoms with van der Waals surface area (Å²) in [4.78, 5) is 0. The van der Waals surface area contributed by atoms with Crippen LogP contribution >= 0.6 is 0 Å². The molecular formula is C16H21NaO8S2. The molecule has 2 aromatic rings. The quantitative estimate of drug-likeness (QED) is 0.288. The fourth-order valence-electron chi connectivity index (χ4n) is 2.25. The molecule has 0 saturated heterocycles. The molecule has 0 bridgehead atoms. The first-order chi connectivity index (χ1) is 12.1. The summed E-state index contributed by atoms with van der Waals surface area (Å²) in [6.45, 7) is 0.300. The van der Waals surface area contributed by atoms with Gasteiger partial charge >= 0.3 is 29.6 Å². The van der Waals surface area contributed by atoms with Crippen LogP contribution in [-0.2, 0) is 20.2 Å². The first kappa shape index (κ1) is 24.2. The molecular weight excluding hydrogens is 407 g/mol. The van der Waals surface area contributed by atoms with Crippen LogP contribution in [0.15, 0.2) is 36.4 Å². The third-order valence-electron chi connectivity index (χ3n) is 3.41. The number of rotatable bonds is 10. The summed E-state index contributed by atoms with van der Waals surface area (Å²) in [6, 6.07) is 10.7. The maximum absolute atomic E-state index is 10.7. The second kappa shape index (κ2) is 10.6. The van der Waals surface area contributed by atoms with E-state index in [1.54, 1.807) is 24.3 Å². The Morgan fingerprint density at radius 1 is 0.741 bits per heavy atom. The zero-order valence-electron chi connectivity index (χ0n) is 15.9. The molecule has 0 spiro atoms. The summed E-state index contributed by atoms with van der Waals surface area (Å²) in [5.74, 6) is 0.386. The summed E-state index contributed by atoms with van der Waals surface area (Å²) >= 11 is 0. The number of fused-ring (bicyclic) bond motifs is 1. The Labute approximate surface area is 182 Å². The van der Waals surface area contributed by atoms with Crippen LogP contribution in [0, 0.1) is 0 Å². The van der Waals surface area contributed by atoms with Gasteiger partial charge in [-0.05, 0) is 47.9 Å². The van der Waals surface area contributed by atoms with E-state index in [1.807, 2.05) is 12.1 Å². The van der Waals surface area contributed by atoms with Crippen molar-refractivity contribution >= 4 is 31.0 Å². The van der Waals surface area contributed by atoms with Crippen LogP contribution in [-0.4, -0.2) is 50.7 Å². The van der Waals surface area contributed by atoms with Gasteiger partial charge in [-0.25, -0.2) is 0 Å². The minimum Gasteiger partial charge on any atom is -1.00 e. The normalized spacial score (nSPS) is 11.8. The van der Waals surface area contributed by atoms with Crippen molar-refractivity contribution in [3.63, 3.8) is 0 Å². The molecule has 8 nitrogen and oxygen atoms in total. The third-order valence-corrected chi connectivity index (χ3v) is 5.02. The summed E-state index contributed by atoms with van der Waals surface area (Å²) < 4.78 is 70.9. The monoisotopic (exact) mass is 428 g/mol. The SMILES string of the molecule is O=S(=O)(O)CCCOc1ccc2ccc(OCCCS(=O)(=O)O)cc2c1.[H-].[Na+]. The summed E-state index contributed by atoms with van der Waals surface area (Å²) in [5.41, 5.74) is 0. The minimum atomic E-state index is -3.99. The van der Waals surface area contributed by atoms with Crippen molar-refractivity contribution in [3.8, 4) is 11.5 Å². The van der Waals surface area contributed by atoms with Gasteiger partial charge in [0.05, 0.1) is 24.7 Å². The maximum atomic E-state index is 10.7. The van der Waals surface area contributed by atoms with Gasteiger partial charge in [-0.3, -0.25) is 9.11 Å². The van der Waals surface area contributed by atoms with E-state index in [1.165, 1.54) is 0 Å². The van der Waals surface area contributed by atoms with Crippen molar-refractivity contribution in [2.24, 2.45) is 0 Å². The molecule has 0 heterocycles. The van der Waals surface area contributed by atoms with Gasteiger partial charge in [-0.15, -0.1) is 0 Å². The molecule has 0 aromatic heterocycles. The minimum absolute atomic E-state index is 0. The molecule has 0 aliphatic heterocycles. The maximum Gasteiger partial charge on any atom is 1.00 e. The average Bonchev–Trinajstić information content (AvgIpc) is 2.53. The first-order valence-electron chi connectivity index (χ1n) is 7.82. The fourth-order valence-corrected chi connectivity index (χ4v) is 3.21. The van der Waals surface area contributed by atoms with Gasteiger partial charge in [-0.2, -0.15) is 16.8 Å². The van der Waals surface area contributed by atoms with E-state index in [0.29, 0.717) is 11.5 Å². The summed E-state index contributed by atoms with van der Waals surface area (Å²) in [6.07, 6.45) is 0.349. The Hall–Kier alpha value is -0.880. The zero-order valence-corrected chi connectivity index (χ0v) is 18.5. The van der Waals surface area contributed by atoms with Crippen molar-refractivity contribution < 1.29 is 66.4 Å². The van der Waals surface area contributed by atoms with E-state index in [9.17, 15) is 16.8 Å². The number of hydrogen-bond donors (Lipinski definition) is 2. The molecule has 0 aliphatic rings. The second-order valence-electron chi connectivity index (χ2n) is 5.65. The van der Waals surface area contributed by atoms with Crippen molar-refractivity contribution in [1.82, 2.24) is 0 Å². The Balaban J connectivity index is 0.00000364. The molecule has 0 fully saturated rings. The van der Waals surface area contributed by atoms with Gasteiger partial charge in [-0.1, -0.05) is 12.1 Å². The first-order valence-corrected chi connectivity index (χ1v) is 11.0. The van der Waals surface area contributed by atoms with Crippen LogP contribution < -0.4 is 39.0 Å². The molecule has 0 atom stereocenters. The molecule has 2 rings (SSSR count). The van der Waals surface area contributed by atoms with Crippen LogP contribution in [0.4, 0.5) is 0 Å². The fraction of sp³-hybridized carbons (Fsp3) is 0.375. The molecule has 2 aromatic carbocycles. The number of ether oxygens (including phenoxy) is 2. The van der Waals surface area contributed by atoms with Crippen molar-refractivity contribution in [1.29, 1.82) is 0 Å². The zero-order chi connectivity index (χ0) is 19.2. The van der Waals surface area contributed by atoms with E-state index in [2.05, 4.69) is 0 Å². The Morgan fingerprint density at radius 3 is 1.52 bits per heavy atom. The Bertz CT molecular complexity index is 889.